The predicted molar refractivity (Wildman–Crippen MR) is 59.2 cm³/mol. The van der Waals surface area contributed by atoms with Gasteiger partial charge in [0.05, 0.1) is 6.42 Å². The molecule has 0 fully saturated rings. The van der Waals surface area contributed by atoms with Gasteiger partial charge in [-0.25, -0.2) is 4.79 Å². The number of hydrogen-bond acceptors (Lipinski definition) is 4. The number of rotatable bonds is 6. The molecule has 3 N–H and O–H groups in total. The van der Waals surface area contributed by atoms with E-state index < -0.39 is 12.1 Å². The number of carboxylic acid groups (broad SMARTS) is 1. The molecule has 0 aliphatic heterocycles. The van der Waals surface area contributed by atoms with Crippen LogP contribution in [0.25, 0.3) is 0 Å². The summed E-state index contributed by atoms with van der Waals surface area (Å²) < 4.78 is 0. The third-order valence-corrected chi connectivity index (χ3v) is 2.09. The Balaban J connectivity index is 2.25. The van der Waals surface area contributed by atoms with Gasteiger partial charge >= 0.3 is 5.97 Å². The van der Waals surface area contributed by atoms with E-state index >= 15 is 0 Å². The second kappa shape index (κ2) is 6.59. The van der Waals surface area contributed by atoms with E-state index in [0.717, 1.165) is 0 Å². The minimum absolute atomic E-state index is 0.0106. The summed E-state index contributed by atoms with van der Waals surface area (Å²) in [4.78, 5) is 25.7. The van der Waals surface area contributed by atoms with Crippen LogP contribution in [0.2, 0.25) is 0 Å². The van der Waals surface area contributed by atoms with E-state index in [0.29, 0.717) is 5.69 Å². The summed E-state index contributed by atoms with van der Waals surface area (Å²) in [5.74, 6) is -1.54. The van der Waals surface area contributed by atoms with Crippen LogP contribution in [0, 0.1) is 0 Å². The number of carbonyl (C=O) groups is 2. The lowest BCUT2D eigenvalue weighted by atomic mass is 10.2. The Kier molecular flexibility index (Phi) is 5.09. The van der Waals surface area contributed by atoms with Crippen LogP contribution in [0.4, 0.5) is 0 Å². The number of aliphatic hydroxyl groups excluding tert-OH is 1. The van der Waals surface area contributed by atoms with Gasteiger partial charge in [0.1, 0.15) is 0 Å². The van der Waals surface area contributed by atoms with Crippen molar-refractivity contribution in [3.05, 3.63) is 30.1 Å². The quantitative estimate of drug-likeness (QED) is 0.625. The Labute approximate surface area is 98.3 Å². The van der Waals surface area contributed by atoms with Gasteiger partial charge in [-0.05, 0) is 12.1 Å². The number of hydrogen-bond donors (Lipinski definition) is 3. The highest BCUT2D eigenvalue weighted by atomic mass is 16.4. The maximum Gasteiger partial charge on any atom is 0.332 e. The zero-order valence-corrected chi connectivity index (χ0v) is 9.17. The highest BCUT2D eigenvalue weighted by Crippen LogP contribution is 1.95. The molecule has 1 aromatic rings. The van der Waals surface area contributed by atoms with Crippen LogP contribution in [-0.2, 0) is 16.0 Å². The number of nitrogens with one attached hydrogen (secondary N) is 1. The van der Waals surface area contributed by atoms with Crippen molar-refractivity contribution in [1.29, 1.82) is 0 Å². The Morgan fingerprint density at radius 2 is 2.18 bits per heavy atom. The number of pyridine rings is 1. The van der Waals surface area contributed by atoms with E-state index in [1.807, 2.05) is 0 Å². The topological polar surface area (TPSA) is 99.5 Å². The number of nitrogens with zero attached hydrogens (tertiary/aromatic N) is 1. The van der Waals surface area contributed by atoms with Gasteiger partial charge in [-0.3, -0.25) is 9.78 Å². The molecule has 6 heteroatoms. The molecule has 0 aliphatic rings. The molecule has 0 aromatic carbocycles. The monoisotopic (exact) mass is 238 g/mol. The van der Waals surface area contributed by atoms with Gasteiger partial charge in [-0.2, -0.15) is 0 Å². The largest absolute Gasteiger partial charge is 0.479 e. The first-order valence-corrected chi connectivity index (χ1v) is 5.17. The Morgan fingerprint density at radius 3 is 2.76 bits per heavy atom. The predicted octanol–water partition coefficient (Wildman–Crippen LogP) is -0.424. The molecule has 0 unspecified atom stereocenters. The number of aliphatic carboxylic acids is 1. The molecule has 0 spiro atoms. The van der Waals surface area contributed by atoms with Crippen molar-refractivity contribution in [2.75, 3.05) is 6.54 Å². The molecule has 0 saturated carbocycles. The molecule has 6 nitrogen and oxygen atoms in total. The van der Waals surface area contributed by atoms with Crippen molar-refractivity contribution in [3.63, 3.8) is 0 Å². The first kappa shape index (κ1) is 13.1. The fraction of sp³-hybridized carbons (Fsp3) is 0.364. The summed E-state index contributed by atoms with van der Waals surface area (Å²) in [6.07, 6.45) is 0.287. The average molecular weight is 238 g/mol. The van der Waals surface area contributed by atoms with Crippen LogP contribution in [0.5, 0.6) is 0 Å². The molecule has 92 valence electrons. The van der Waals surface area contributed by atoms with E-state index in [1.165, 1.54) is 0 Å². The molecular weight excluding hydrogens is 224 g/mol. The number of aliphatic hydroxyl groups is 1. The summed E-state index contributed by atoms with van der Waals surface area (Å²) in [5.41, 5.74) is 0.642. The van der Waals surface area contributed by atoms with E-state index in [9.17, 15) is 9.59 Å². The first-order valence-electron chi connectivity index (χ1n) is 5.17. The van der Waals surface area contributed by atoms with Gasteiger partial charge < -0.3 is 15.5 Å². The number of carboxylic acids is 1. The highest BCUT2D eigenvalue weighted by molar-refractivity contribution is 5.78. The molecule has 0 bridgehead atoms. The van der Waals surface area contributed by atoms with E-state index in [-0.39, 0.29) is 25.3 Å². The van der Waals surface area contributed by atoms with Crippen LogP contribution in [0.3, 0.4) is 0 Å². The summed E-state index contributed by atoms with van der Waals surface area (Å²) in [6.45, 7) is 0.124. The second-order valence-corrected chi connectivity index (χ2v) is 3.49. The van der Waals surface area contributed by atoms with E-state index in [1.54, 1.807) is 24.4 Å². The second-order valence-electron chi connectivity index (χ2n) is 3.49. The molecule has 1 aromatic heterocycles. The molecule has 1 atom stereocenters. The third kappa shape index (κ3) is 5.07. The molecule has 17 heavy (non-hydrogen) atoms. The lowest BCUT2D eigenvalue weighted by Crippen LogP contribution is -2.31. The lowest BCUT2D eigenvalue weighted by Gasteiger charge is -2.07. The minimum atomic E-state index is -1.44. The fourth-order valence-corrected chi connectivity index (χ4v) is 1.20. The fourth-order valence-electron chi connectivity index (χ4n) is 1.20. The molecular formula is C11H14N2O4. The van der Waals surface area contributed by atoms with Crippen LogP contribution < -0.4 is 5.32 Å². The summed E-state index contributed by atoms with van der Waals surface area (Å²) in [5, 5.41) is 19.9. The minimum Gasteiger partial charge on any atom is -0.479 e. The van der Waals surface area contributed by atoms with Gasteiger partial charge in [0.2, 0.25) is 5.91 Å². The maximum absolute atomic E-state index is 11.4. The SMILES string of the molecule is O=C(Cc1ccccn1)NCC[C@H](O)C(=O)O. The van der Waals surface area contributed by atoms with E-state index in [2.05, 4.69) is 10.3 Å². The van der Waals surface area contributed by atoms with Crippen LogP contribution in [-0.4, -0.2) is 39.7 Å². The third-order valence-electron chi connectivity index (χ3n) is 2.09. The number of carbonyl (C=O) groups excluding carboxylic acids is 1. The van der Waals surface area contributed by atoms with Crippen molar-refractivity contribution in [2.45, 2.75) is 18.9 Å². The number of aromatic nitrogens is 1. The molecule has 1 amide bonds. The van der Waals surface area contributed by atoms with Gasteiger partial charge in [0, 0.05) is 24.9 Å². The van der Waals surface area contributed by atoms with Crippen LogP contribution in [0.15, 0.2) is 24.4 Å². The summed E-state index contributed by atoms with van der Waals surface area (Å²) in [6, 6.07) is 5.26. The van der Waals surface area contributed by atoms with E-state index in [4.69, 9.17) is 10.2 Å². The summed E-state index contributed by atoms with van der Waals surface area (Å²) >= 11 is 0. The summed E-state index contributed by atoms with van der Waals surface area (Å²) in [7, 11) is 0. The van der Waals surface area contributed by atoms with Crippen molar-refractivity contribution < 1.29 is 19.8 Å². The maximum atomic E-state index is 11.4. The van der Waals surface area contributed by atoms with Crippen molar-refractivity contribution in [1.82, 2.24) is 10.3 Å². The van der Waals surface area contributed by atoms with Gasteiger partial charge in [-0.1, -0.05) is 6.07 Å². The Bertz CT molecular complexity index is 380. The van der Waals surface area contributed by atoms with Crippen LogP contribution in [0.1, 0.15) is 12.1 Å². The standard InChI is InChI=1S/C11H14N2O4/c14-9(11(16)17)4-6-13-10(15)7-8-3-1-2-5-12-8/h1-3,5,9,14H,4,6-7H2,(H,13,15)(H,16,17)/t9-/m0/s1. The van der Waals surface area contributed by atoms with Crippen molar-refractivity contribution >= 4 is 11.9 Å². The van der Waals surface area contributed by atoms with Crippen molar-refractivity contribution in [2.24, 2.45) is 0 Å². The normalized spacial score (nSPS) is 11.8. The van der Waals surface area contributed by atoms with Gasteiger partial charge in [0.15, 0.2) is 6.10 Å². The Morgan fingerprint density at radius 1 is 1.41 bits per heavy atom. The van der Waals surface area contributed by atoms with Crippen LogP contribution >= 0.6 is 0 Å². The lowest BCUT2D eigenvalue weighted by molar-refractivity contribution is -0.147. The van der Waals surface area contributed by atoms with Gasteiger partial charge in [0.25, 0.3) is 0 Å². The van der Waals surface area contributed by atoms with Crippen molar-refractivity contribution in [3.8, 4) is 0 Å². The average Bonchev–Trinajstić information content (AvgIpc) is 2.30. The first-order chi connectivity index (χ1) is 8.09. The highest BCUT2D eigenvalue weighted by Gasteiger charge is 2.12. The smallest absolute Gasteiger partial charge is 0.332 e. The molecule has 0 radical (unpaired) electrons. The molecule has 0 saturated heterocycles. The molecule has 1 rings (SSSR count). The molecule has 1 heterocycles. The van der Waals surface area contributed by atoms with Gasteiger partial charge in [-0.15, -0.1) is 0 Å². The zero-order valence-electron chi connectivity index (χ0n) is 9.17. The zero-order chi connectivity index (χ0) is 12.7. The molecule has 0 aliphatic carbocycles. The number of amides is 1. The Hall–Kier alpha value is -1.95.